The Labute approximate surface area is 118 Å². The molecular weight excluding hydrogens is 256 g/mol. The van der Waals surface area contributed by atoms with Gasteiger partial charge in [-0.25, -0.2) is 4.79 Å². The third-order valence-electron chi connectivity index (χ3n) is 3.44. The molecule has 0 radical (unpaired) electrons. The van der Waals surface area contributed by atoms with Gasteiger partial charge < -0.3 is 19.7 Å². The lowest BCUT2D eigenvalue weighted by Crippen LogP contribution is -2.35. The highest BCUT2D eigenvalue weighted by atomic mass is 16.4. The first-order valence-corrected chi connectivity index (χ1v) is 6.60. The summed E-state index contributed by atoms with van der Waals surface area (Å²) in [6.07, 6.45) is 0. The fraction of sp³-hybridized carbons (Fsp3) is 0.400. The van der Waals surface area contributed by atoms with Crippen LogP contribution in [0, 0.1) is 0 Å². The number of nitrogens with one attached hydrogen (secondary N) is 1. The Morgan fingerprint density at radius 3 is 2.80 bits per heavy atom. The van der Waals surface area contributed by atoms with Gasteiger partial charge in [0.15, 0.2) is 0 Å². The average molecular weight is 276 g/mol. The van der Waals surface area contributed by atoms with Crippen molar-refractivity contribution in [3.8, 4) is 0 Å². The van der Waals surface area contributed by atoms with Crippen LogP contribution in [0.3, 0.4) is 0 Å². The minimum Gasteiger partial charge on any atom is -0.475 e. The second-order valence-corrected chi connectivity index (χ2v) is 5.23. The molecule has 1 unspecified atom stereocenters. The van der Waals surface area contributed by atoms with Gasteiger partial charge in [-0.2, -0.15) is 0 Å². The summed E-state index contributed by atoms with van der Waals surface area (Å²) in [6.45, 7) is 3.81. The molecule has 5 heteroatoms. The van der Waals surface area contributed by atoms with E-state index in [2.05, 4.69) is 31.2 Å². The summed E-state index contributed by atoms with van der Waals surface area (Å²) in [5.41, 5.74) is 1.72. The van der Waals surface area contributed by atoms with Crippen molar-refractivity contribution < 1.29 is 14.3 Å². The van der Waals surface area contributed by atoms with E-state index >= 15 is 0 Å². The molecule has 2 aromatic rings. The largest absolute Gasteiger partial charge is 0.475 e. The van der Waals surface area contributed by atoms with Gasteiger partial charge in [0.05, 0.1) is 0 Å². The first-order valence-electron chi connectivity index (χ1n) is 6.60. The van der Waals surface area contributed by atoms with E-state index in [0.717, 1.165) is 24.0 Å². The van der Waals surface area contributed by atoms with Gasteiger partial charge in [-0.3, -0.25) is 0 Å². The molecule has 0 spiro atoms. The summed E-state index contributed by atoms with van der Waals surface area (Å²) in [7, 11) is 4.11. The molecule has 1 aromatic heterocycles. The van der Waals surface area contributed by atoms with Crippen molar-refractivity contribution in [1.82, 2.24) is 10.2 Å². The fourth-order valence-electron chi connectivity index (χ4n) is 1.92. The number of carboxylic acids is 1. The van der Waals surface area contributed by atoms with E-state index in [0.29, 0.717) is 11.6 Å². The highest BCUT2D eigenvalue weighted by molar-refractivity contribution is 5.91. The van der Waals surface area contributed by atoms with Crippen molar-refractivity contribution in [3.63, 3.8) is 0 Å². The Hall–Kier alpha value is -1.85. The van der Waals surface area contributed by atoms with Crippen LogP contribution in [0.1, 0.15) is 23.0 Å². The smallest absolute Gasteiger partial charge is 0.371 e. The first-order chi connectivity index (χ1) is 9.47. The van der Waals surface area contributed by atoms with Crippen LogP contribution < -0.4 is 5.32 Å². The van der Waals surface area contributed by atoms with Gasteiger partial charge in [0.2, 0.25) is 5.76 Å². The van der Waals surface area contributed by atoms with Crippen LogP contribution in [0.5, 0.6) is 0 Å². The maximum absolute atomic E-state index is 10.9. The Kier molecular flexibility index (Phi) is 4.42. The number of carboxylic acid groups (broad SMARTS) is 1. The number of furan rings is 1. The normalized spacial score (nSPS) is 13.0. The zero-order valence-corrected chi connectivity index (χ0v) is 12.0. The second kappa shape index (κ2) is 6.07. The molecule has 5 nitrogen and oxygen atoms in total. The van der Waals surface area contributed by atoms with E-state index in [1.807, 2.05) is 18.2 Å². The minimum atomic E-state index is -1.04. The molecule has 0 aliphatic carbocycles. The van der Waals surface area contributed by atoms with E-state index in [-0.39, 0.29) is 5.76 Å². The zero-order valence-electron chi connectivity index (χ0n) is 12.0. The van der Waals surface area contributed by atoms with Crippen molar-refractivity contribution >= 4 is 16.9 Å². The number of fused-ring (bicyclic) bond motifs is 1. The average Bonchev–Trinajstić information content (AvgIpc) is 2.81. The minimum absolute atomic E-state index is 0.0219. The molecule has 0 fully saturated rings. The molecule has 0 saturated carbocycles. The maximum Gasteiger partial charge on any atom is 0.371 e. The number of hydrogen-bond donors (Lipinski definition) is 2. The molecular formula is C15H20N2O3. The van der Waals surface area contributed by atoms with Crippen molar-refractivity contribution in [3.05, 3.63) is 35.6 Å². The number of carbonyl (C=O) groups is 1. The Morgan fingerprint density at radius 2 is 2.15 bits per heavy atom. The molecule has 2 N–H and O–H groups in total. The van der Waals surface area contributed by atoms with Crippen molar-refractivity contribution in [2.45, 2.75) is 19.5 Å². The van der Waals surface area contributed by atoms with Gasteiger partial charge in [0, 0.05) is 24.5 Å². The van der Waals surface area contributed by atoms with Crippen LogP contribution in [0.4, 0.5) is 0 Å². The summed E-state index contributed by atoms with van der Waals surface area (Å²) >= 11 is 0. The summed E-state index contributed by atoms with van der Waals surface area (Å²) < 4.78 is 5.23. The molecule has 20 heavy (non-hydrogen) atoms. The number of benzene rings is 1. The number of hydrogen-bond acceptors (Lipinski definition) is 4. The standard InChI is InChI=1S/C15H20N2O3/c1-10(17(2)3)8-16-9-11-4-5-13-12(6-11)7-14(20-13)15(18)19/h4-7,10,16H,8-9H2,1-3H3,(H,18,19). The van der Waals surface area contributed by atoms with Gasteiger partial charge in [-0.1, -0.05) is 6.07 Å². The molecule has 0 amide bonds. The third kappa shape index (κ3) is 3.37. The Balaban J connectivity index is 2.02. The van der Waals surface area contributed by atoms with Gasteiger partial charge in [0.1, 0.15) is 5.58 Å². The van der Waals surface area contributed by atoms with Crippen LogP contribution in [0.25, 0.3) is 11.0 Å². The third-order valence-corrected chi connectivity index (χ3v) is 3.44. The molecule has 1 aromatic carbocycles. The van der Waals surface area contributed by atoms with E-state index in [1.54, 1.807) is 6.07 Å². The molecule has 0 saturated heterocycles. The van der Waals surface area contributed by atoms with E-state index in [9.17, 15) is 4.79 Å². The molecule has 2 rings (SSSR count). The predicted octanol–water partition coefficient (Wildman–Crippen LogP) is 2.17. The summed E-state index contributed by atoms with van der Waals surface area (Å²) in [6, 6.07) is 7.74. The Morgan fingerprint density at radius 1 is 1.40 bits per heavy atom. The Bertz CT molecular complexity index is 604. The highest BCUT2D eigenvalue weighted by Crippen LogP contribution is 2.20. The van der Waals surface area contributed by atoms with Crippen molar-refractivity contribution in [2.24, 2.45) is 0 Å². The van der Waals surface area contributed by atoms with Gasteiger partial charge in [-0.15, -0.1) is 0 Å². The molecule has 108 valence electrons. The predicted molar refractivity (Wildman–Crippen MR) is 78.0 cm³/mol. The molecule has 0 aliphatic rings. The lowest BCUT2D eigenvalue weighted by molar-refractivity contribution is 0.0665. The number of nitrogens with zero attached hydrogens (tertiary/aromatic N) is 1. The van der Waals surface area contributed by atoms with Crippen LogP contribution >= 0.6 is 0 Å². The van der Waals surface area contributed by atoms with Gasteiger partial charge in [0.25, 0.3) is 0 Å². The second-order valence-electron chi connectivity index (χ2n) is 5.23. The quantitative estimate of drug-likeness (QED) is 0.846. The van der Waals surface area contributed by atoms with Gasteiger partial charge >= 0.3 is 5.97 Å². The number of likely N-dealkylation sites (N-methyl/N-ethyl adjacent to an activating group) is 1. The monoisotopic (exact) mass is 276 g/mol. The van der Waals surface area contributed by atoms with E-state index < -0.39 is 5.97 Å². The summed E-state index contributed by atoms with van der Waals surface area (Å²) in [5.74, 6) is -1.06. The van der Waals surface area contributed by atoms with Crippen molar-refractivity contribution in [2.75, 3.05) is 20.6 Å². The van der Waals surface area contributed by atoms with Crippen LogP contribution in [-0.2, 0) is 6.54 Å². The van der Waals surface area contributed by atoms with Gasteiger partial charge in [-0.05, 0) is 44.8 Å². The topological polar surface area (TPSA) is 65.7 Å². The van der Waals surface area contributed by atoms with E-state index in [1.165, 1.54) is 0 Å². The van der Waals surface area contributed by atoms with Crippen molar-refractivity contribution in [1.29, 1.82) is 0 Å². The highest BCUT2D eigenvalue weighted by Gasteiger charge is 2.10. The number of aromatic carboxylic acids is 1. The molecule has 1 heterocycles. The van der Waals surface area contributed by atoms with Crippen LogP contribution in [0.15, 0.2) is 28.7 Å². The zero-order chi connectivity index (χ0) is 14.7. The van der Waals surface area contributed by atoms with Crippen LogP contribution in [0.2, 0.25) is 0 Å². The summed E-state index contributed by atoms with van der Waals surface area (Å²) in [4.78, 5) is 13.0. The summed E-state index contributed by atoms with van der Waals surface area (Å²) in [5, 5.41) is 13.1. The van der Waals surface area contributed by atoms with E-state index in [4.69, 9.17) is 9.52 Å². The number of rotatable bonds is 6. The van der Waals surface area contributed by atoms with Crippen LogP contribution in [-0.4, -0.2) is 42.7 Å². The maximum atomic E-state index is 10.9. The molecule has 0 aliphatic heterocycles. The molecule has 0 bridgehead atoms. The SMILES string of the molecule is CC(CNCc1ccc2oc(C(=O)O)cc2c1)N(C)C. The first kappa shape index (κ1) is 14.6. The lowest BCUT2D eigenvalue weighted by atomic mass is 10.1. The lowest BCUT2D eigenvalue weighted by Gasteiger charge is -2.20. The molecule has 1 atom stereocenters. The fourth-order valence-corrected chi connectivity index (χ4v) is 1.92.